The molecule has 0 aromatic carbocycles. The van der Waals surface area contributed by atoms with Gasteiger partial charge in [0.2, 0.25) is 0 Å². The Hall–Kier alpha value is 0.210. The Morgan fingerprint density at radius 1 is 1.38 bits per heavy atom. The zero-order chi connectivity index (χ0) is 8.93. The van der Waals surface area contributed by atoms with Gasteiger partial charge >= 0.3 is 0 Å². The predicted molar refractivity (Wildman–Crippen MR) is 55.8 cm³/mol. The summed E-state index contributed by atoms with van der Waals surface area (Å²) in [4.78, 5) is 0. The fraction of sp³-hybridized carbons (Fsp3) is 1.00. The van der Waals surface area contributed by atoms with Crippen molar-refractivity contribution >= 4 is 12.4 Å². The van der Waals surface area contributed by atoms with E-state index in [0.29, 0.717) is 17.3 Å². The summed E-state index contributed by atoms with van der Waals surface area (Å²) in [6, 6.07) is 0.245. The van der Waals surface area contributed by atoms with Crippen LogP contribution >= 0.6 is 12.4 Å². The van der Waals surface area contributed by atoms with E-state index in [4.69, 9.17) is 10.8 Å². The molecule has 78 valence electrons. The molecule has 0 aromatic heterocycles. The summed E-state index contributed by atoms with van der Waals surface area (Å²) in [6.45, 7) is 4.92. The van der Waals surface area contributed by atoms with Gasteiger partial charge in [0, 0.05) is 12.6 Å². The maximum atomic E-state index is 9.09. The quantitative estimate of drug-likeness (QED) is 0.680. The van der Waals surface area contributed by atoms with E-state index in [9.17, 15) is 0 Å². The molecule has 3 aliphatic carbocycles. The molecular weight excluding hydrogens is 186 g/mol. The van der Waals surface area contributed by atoms with Gasteiger partial charge in [0.25, 0.3) is 0 Å². The molecule has 3 N–H and O–H groups in total. The summed E-state index contributed by atoms with van der Waals surface area (Å²) in [5, 5.41) is 9.09. The van der Waals surface area contributed by atoms with E-state index < -0.39 is 0 Å². The molecule has 3 rings (SSSR count). The van der Waals surface area contributed by atoms with Crippen LogP contribution in [-0.4, -0.2) is 17.8 Å². The van der Waals surface area contributed by atoms with Crippen molar-refractivity contribution < 1.29 is 5.11 Å². The van der Waals surface area contributed by atoms with Gasteiger partial charge in [-0.3, -0.25) is 0 Å². The Balaban J connectivity index is 0.000000845. The average Bonchev–Trinajstić information content (AvgIpc) is 2.03. The largest absolute Gasteiger partial charge is 0.396 e. The predicted octanol–water partition coefficient (Wildman–Crippen LogP) is 1.41. The summed E-state index contributed by atoms with van der Waals surface area (Å²) in [6.07, 6.45) is 2.44. The Labute approximate surface area is 86.3 Å². The normalized spacial score (nSPS) is 46.2. The van der Waals surface area contributed by atoms with E-state index in [1.807, 2.05) is 0 Å². The van der Waals surface area contributed by atoms with Crippen molar-refractivity contribution in [3.8, 4) is 0 Å². The minimum Gasteiger partial charge on any atom is -0.396 e. The lowest BCUT2D eigenvalue weighted by atomic mass is 9.45. The Bertz CT molecular complexity index is 195. The monoisotopic (exact) mass is 205 g/mol. The lowest BCUT2D eigenvalue weighted by molar-refractivity contribution is -0.113. The molecule has 0 radical (unpaired) electrons. The van der Waals surface area contributed by atoms with Crippen molar-refractivity contribution in [2.24, 2.45) is 28.9 Å². The molecule has 0 heterocycles. The number of nitrogens with two attached hydrogens (primary N) is 1. The standard InChI is InChI=1S/C10H19NO.ClH/c1-10(2)7-3-6(5-12)9(11)8(10)4-7;/h6-9,12H,3-5,11H2,1-2H3;1H/t6-,7-,8-,9-;/m0./s1. The topological polar surface area (TPSA) is 46.2 Å². The van der Waals surface area contributed by atoms with Gasteiger partial charge in [-0.1, -0.05) is 13.8 Å². The second kappa shape index (κ2) is 3.41. The maximum absolute atomic E-state index is 9.09. The zero-order valence-electron chi connectivity index (χ0n) is 8.36. The first-order valence-electron chi connectivity index (χ1n) is 4.93. The summed E-state index contributed by atoms with van der Waals surface area (Å²) >= 11 is 0. The van der Waals surface area contributed by atoms with Crippen molar-refractivity contribution in [1.82, 2.24) is 0 Å². The van der Waals surface area contributed by atoms with Crippen molar-refractivity contribution in [3.05, 3.63) is 0 Å². The van der Waals surface area contributed by atoms with Crippen molar-refractivity contribution in [2.45, 2.75) is 32.7 Å². The second-order valence-electron chi connectivity index (χ2n) is 5.12. The molecular formula is C10H20ClNO. The van der Waals surface area contributed by atoms with Crippen molar-refractivity contribution in [3.63, 3.8) is 0 Å². The van der Waals surface area contributed by atoms with Crippen LogP contribution in [-0.2, 0) is 0 Å². The molecule has 3 fully saturated rings. The van der Waals surface area contributed by atoms with E-state index in [2.05, 4.69) is 13.8 Å². The number of rotatable bonds is 1. The third-order valence-corrected chi connectivity index (χ3v) is 4.38. The fourth-order valence-electron chi connectivity index (χ4n) is 3.16. The fourth-order valence-corrected chi connectivity index (χ4v) is 3.16. The highest BCUT2D eigenvalue weighted by Gasteiger charge is 2.56. The van der Waals surface area contributed by atoms with Gasteiger partial charge in [0.1, 0.15) is 0 Å². The highest BCUT2D eigenvalue weighted by molar-refractivity contribution is 5.85. The number of hydrogen-bond donors (Lipinski definition) is 2. The van der Waals surface area contributed by atoms with Gasteiger partial charge in [-0.2, -0.15) is 0 Å². The smallest absolute Gasteiger partial charge is 0.0474 e. The van der Waals surface area contributed by atoms with Crippen LogP contribution in [0.4, 0.5) is 0 Å². The van der Waals surface area contributed by atoms with Crippen LogP contribution in [0.1, 0.15) is 26.7 Å². The molecule has 0 aromatic rings. The number of aliphatic hydroxyl groups excluding tert-OH is 1. The molecule has 2 bridgehead atoms. The average molecular weight is 206 g/mol. The van der Waals surface area contributed by atoms with Crippen LogP contribution < -0.4 is 5.73 Å². The van der Waals surface area contributed by atoms with Crippen LogP contribution in [0.5, 0.6) is 0 Å². The van der Waals surface area contributed by atoms with Crippen LogP contribution in [0.2, 0.25) is 0 Å². The number of hydrogen-bond acceptors (Lipinski definition) is 2. The third-order valence-electron chi connectivity index (χ3n) is 4.38. The molecule has 4 atom stereocenters. The van der Waals surface area contributed by atoms with E-state index in [0.717, 1.165) is 12.3 Å². The SMILES string of the molecule is CC1(C)[C@H]2C[C@@H](CO)[C@H](N)[C@@H]1C2.Cl. The molecule has 0 unspecified atom stereocenters. The highest BCUT2D eigenvalue weighted by atomic mass is 35.5. The first-order chi connectivity index (χ1) is 5.57. The number of halogens is 1. The number of aliphatic hydroxyl groups is 1. The molecule has 2 nitrogen and oxygen atoms in total. The van der Waals surface area contributed by atoms with Gasteiger partial charge in [0.15, 0.2) is 0 Å². The zero-order valence-corrected chi connectivity index (χ0v) is 9.18. The molecule has 3 aliphatic rings. The molecule has 3 saturated carbocycles. The second-order valence-corrected chi connectivity index (χ2v) is 5.12. The lowest BCUT2D eigenvalue weighted by Crippen LogP contribution is -2.61. The Morgan fingerprint density at radius 3 is 2.38 bits per heavy atom. The summed E-state index contributed by atoms with van der Waals surface area (Å²) < 4.78 is 0. The lowest BCUT2D eigenvalue weighted by Gasteiger charge is -2.61. The van der Waals surface area contributed by atoms with Crippen molar-refractivity contribution in [1.29, 1.82) is 0 Å². The molecule has 13 heavy (non-hydrogen) atoms. The first kappa shape index (κ1) is 11.3. The molecule has 0 spiro atoms. The third kappa shape index (κ3) is 1.39. The van der Waals surface area contributed by atoms with Gasteiger partial charge in [0.05, 0.1) is 0 Å². The summed E-state index contributed by atoms with van der Waals surface area (Å²) in [5.74, 6) is 1.86. The van der Waals surface area contributed by atoms with Crippen LogP contribution in [0.3, 0.4) is 0 Å². The minimum atomic E-state index is 0. The van der Waals surface area contributed by atoms with E-state index in [1.54, 1.807) is 0 Å². The van der Waals surface area contributed by atoms with E-state index >= 15 is 0 Å². The van der Waals surface area contributed by atoms with Gasteiger partial charge in [-0.05, 0) is 36.0 Å². The van der Waals surface area contributed by atoms with Gasteiger partial charge < -0.3 is 10.8 Å². The van der Waals surface area contributed by atoms with Crippen molar-refractivity contribution in [2.75, 3.05) is 6.61 Å². The van der Waals surface area contributed by atoms with Crippen LogP contribution in [0, 0.1) is 23.2 Å². The van der Waals surface area contributed by atoms with E-state index in [-0.39, 0.29) is 25.1 Å². The minimum absolute atomic E-state index is 0. The van der Waals surface area contributed by atoms with Gasteiger partial charge in [-0.15, -0.1) is 12.4 Å². The first-order valence-corrected chi connectivity index (χ1v) is 4.93. The van der Waals surface area contributed by atoms with Crippen LogP contribution in [0.15, 0.2) is 0 Å². The number of fused-ring (bicyclic) bond motifs is 2. The summed E-state index contributed by atoms with van der Waals surface area (Å²) in [5.41, 5.74) is 6.54. The van der Waals surface area contributed by atoms with Crippen LogP contribution in [0.25, 0.3) is 0 Å². The Kier molecular flexibility index (Phi) is 2.96. The van der Waals surface area contributed by atoms with Gasteiger partial charge in [-0.25, -0.2) is 0 Å². The highest BCUT2D eigenvalue weighted by Crippen LogP contribution is 2.59. The maximum Gasteiger partial charge on any atom is 0.0474 e. The molecule has 0 saturated heterocycles. The summed E-state index contributed by atoms with van der Waals surface area (Å²) in [7, 11) is 0. The molecule has 0 amide bonds. The Morgan fingerprint density at radius 2 is 2.00 bits per heavy atom. The molecule has 0 aliphatic heterocycles. The molecule has 3 heteroatoms. The van der Waals surface area contributed by atoms with E-state index in [1.165, 1.54) is 6.42 Å².